The summed E-state index contributed by atoms with van der Waals surface area (Å²) in [5, 5.41) is 0. The van der Waals surface area contributed by atoms with Crippen LogP contribution in [0, 0.1) is 5.92 Å². The van der Waals surface area contributed by atoms with Crippen LogP contribution in [0.3, 0.4) is 0 Å². The van der Waals surface area contributed by atoms with Crippen LogP contribution >= 0.6 is 0 Å². The molecule has 1 rings (SSSR count). The number of hydrogen-bond donors (Lipinski definition) is 0. The van der Waals surface area contributed by atoms with Gasteiger partial charge in [-0.3, -0.25) is 0 Å². The maximum atomic E-state index is 12.3. The molecule has 0 aromatic heterocycles. The second-order valence-corrected chi connectivity index (χ2v) is 6.25. The van der Waals surface area contributed by atoms with E-state index in [-0.39, 0.29) is 23.1 Å². The van der Waals surface area contributed by atoms with E-state index in [1.165, 1.54) is 0 Å². The average Bonchev–Trinajstić information content (AvgIpc) is 2.52. The molecule has 0 aliphatic heterocycles. The summed E-state index contributed by atoms with van der Waals surface area (Å²) in [6.45, 7) is 8.27. The van der Waals surface area contributed by atoms with Gasteiger partial charge < -0.3 is 9.47 Å². The summed E-state index contributed by atoms with van der Waals surface area (Å²) in [6, 6.07) is 6.64. The zero-order chi connectivity index (χ0) is 17.2. The topological polar surface area (TPSA) is 52.6 Å². The molecule has 0 bridgehead atoms. The molecule has 0 saturated carbocycles. The molecule has 0 saturated heterocycles. The molecule has 23 heavy (non-hydrogen) atoms. The smallest absolute Gasteiger partial charge is 0.339 e. The highest BCUT2D eigenvalue weighted by Gasteiger charge is 2.20. The number of benzene rings is 1. The van der Waals surface area contributed by atoms with Gasteiger partial charge in [0.2, 0.25) is 0 Å². The summed E-state index contributed by atoms with van der Waals surface area (Å²) in [5.41, 5.74) is 0.530. The minimum atomic E-state index is -0.482. The molecule has 1 atom stereocenters. The molecular formula is C19H28O4. The van der Waals surface area contributed by atoms with Gasteiger partial charge >= 0.3 is 11.9 Å². The van der Waals surface area contributed by atoms with Crippen molar-refractivity contribution in [2.75, 3.05) is 6.61 Å². The van der Waals surface area contributed by atoms with E-state index >= 15 is 0 Å². The van der Waals surface area contributed by atoms with E-state index in [1.54, 1.807) is 24.3 Å². The lowest BCUT2D eigenvalue weighted by Crippen LogP contribution is -2.19. The van der Waals surface area contributed by atoms with Crippen LogP contribution in [0.4, 0.5) is 0 Å². The van der Waals surface area contributed by atoms with Crippen molar-refractivity contribution in [3.63, 3.8) is 0 Å². The third-order valence-corrected chi connectivity index (χ3v) is 3.44. The highest BCUT2D eigenvalue weighted by molar-refractivity contribution is 6.03. The highest BCUT2D eigenvalue weighted by atomic mass is 16.5. The molecule has 0 radical (unpaired) electrons. The molecule has 0 spiro atoms. The molecule has 0 heterocycles. The molecule has 0 N–H and O–H groups in total. The van der Waals surface area contributed by atoms with Crippen LogP contribution in [-0.4, -0.2) is 24.6 Å². The Morgan fingerprint density at radius 2 is 1.61 bits per heavy atom. The second kappa shape index (κ2) is 10.0. The van der Waals surface area contributed by atoms with Gasteiger partial charge in [-0.1, -0.05) is 45.7 Å². The van der Waals surface area contributed by atoms with E-state index in [1.807, 2.05) is 20.8 Å². The fraction of sp³-hybridized carbons (Fsp3) is 0.579. The number of rotatable bonds is 9. The first-order valence-electron chi connectivity index (χ1n) is 8.42. The lowest BCUT2D eigenvalue weighted by atomic mass is 10.1. The van der Waals surface area contributed by atoms with Crippen LogP contribution in [0.2, 0.25) is 0 Å². The summed E-state index contributed by atoms with van der Waals surface area (Å²) in [5.74, 6) is -0.701. The Hall–Kier alpha value is -1.84. The van der Waals surface area contributed by atoms with Crippen LogP contribution in [0.25, 0.3) is 0 Å². The predicted molar refractivity (Wildman–Crippen MR) is 90.6 cm³/mol. The van der Waals surface area contributed by atoms with Gasteiger partial charge in [-0.05, 0) is 37.8 Å². The van der Waals surface area contributed by atoms with Crippen LogP contribution < -0.4 is 0 Å². The number of carbonyl (C=O) groups excluding carboxylic acids is 2. The first kappa shape index (κ1) is 19.2. The minimum absolute atomic E-state index is 0.159. The van der Waals surface area contributed by atoms with E-state index in [4.69, 9.17) is 9.47 Å². The van der Waals surface area contributed by atoms with Gasteiger partial charge in [-0.2, -0.15) is 0 Å². The van der Waals surface area contributed by atoms with Crippen molar-refractivity contribution in [2.45, 2.75) is 59.5 Å². The van der Waals surface area contributed by atoms with E-state index in [0.717, 1.165) is 25.7 Å². The second-order valence-electron chi connectivity index (χ2n) is 6.25. The molecule has 1 aromatic rings. The minimum Gasteiger partial charge on any atom is -0.462 e. The fourth-order valence-electron chi connectivity index (χ4n) is 2.15. The number of ether oxygens (including phenoxy) is 2. The van der Waals surface area contributed by atoms with Crippen LogP contribution in [0.1, 0.15) is 74.1 Å². The van der Waals surface area contributed by atoms with Crippen LogP contribution in [0.15, 0.2) is 24.3 Å². The predicted octanol–water partition coefficient (Wildman–Crippen LogP) is 4.63. The van der Waals surface area contributed by atoms with Crippen molar-refractivity contribution < 1.29 is 19.1 Å². The maximum Gasteiger partial charge on any atom is 0.339 e. The molecule has 4 heteroatoms. The Morgan fingerprint density at radius 3 is 2.17 bits per heavy atom. The molecule has 0 fully saturated rings. The van der Waals surface area contributed by atoms with Gasteiger partial charge in [-0.25, -0.2) is 9.59 Å². The monoisotopic (exact) mass is 320 g/mol. The first-order valence-corrected chi connectivity index (χ1v) is 8.42. The standard InChI is InChI=1S/C19H28O4/c1-5-6-7-10-15(4)23-19(21)17-12-9-8-11-16(17)18(20)22-13-14(2)3/h8-9,11-12,14-15H,5-7,10,13H2,1-4H3. The van der Waals surface area contributed by atoms with Crippen molar-refractivity contribution in [2.24, 2.45) is 5.92 Å². The molecule has 128 valence electrons. The molecule has 0 aliphatic rings. The number of carbonyl (C=O) groups is 2. The van der Waals surface area contributed by atoms with Crippen molar-refractivity contribution in [1.29, 1.82) is 0 Å². The SMILES string of the molecule is CCCCCC(C)OC(=O)c1ccccc1C(=O)OCC(C)C. The van der Waals surface area contributed by atoms with Crippen molar-refractivity contribution in [3.8, 4) is 0 Å². The van der Waals surface area contributed by atoms with Gasteiger partial charge in [0.15, 0.2) is 0 Å². The summed E-state index contributed by atoms with van der Waals surface area (Å²) in [7, 11) is 0. The summed E-state index contributed by atoms with van der Waals surface area (Å²) in [4.78, 5) is 24.5. The maximum absolute atomic E-state index is 12.3. The summed E-state index contributed by atoms with van der Waals surface area (Å²) in [6.07, 6.45) is 3.96. The van der Waals surface area contributed by atoms with E-state index < -0.39 is 11.9 Å². The van der Waals surface area contributed by atoms with Gasteiger partial charge in [0.1, 0.15) is 0 Å². The largest absolute Gasteiger partial charge is 0.462 e. The normalized spacial score (nSPS) is 12.0. The first-order chi connectivity index (χ1) is 11.0. The molecule has 0 amide bonds. The molecule has 0 aliphatic carbocycles. The lowest BCUT2D eigenvalue weighted by Gasteiger charge is -2.15. The Labute approximate surface area is 139 Å². The lowest BCUT2D eigenvalue weighted by molar-refractivity contribution is 0.0305. The third kappa shape index (κ3) is 6.85. The van der Waals surface area contributed by atoms with E-state index in [0.29, 0.717) is 6.61 Å². The summed E-state index contributed by atoms with van der Waals surface area (Å²) < 4.78 is 10.7. The van der Waals surface area contributed by atoms with Crippen LogP contribution in [0.5, 0.6) is 0 Å². The zero-order valence-electron chi connectivity index (χ0n) is 14.6. The Balaban J connectivity index is 2.71. The quantitative estimate of drug-likeness (QED) is 0.492. The Kier molecular flexibility index (Phi) is 8.38. The van der Waals surface area contributed by atoms with Crippen molar-refractivity contribution in [1.82, 2.24) is 0 Å². The van der Waals surface area contributed by atoms with Gasteiger partial charge in [0, 0.05) is 0 Å². The third-order valence-electron chi connectivity index (χ3n) is 3.44. The molecule has 4 nitrogen and oxygen atoms in total. The number of esters is 2. The fourth-order valence-corrected chi connectivity index (χ4v) is 2.15. The van der Waals surface area contributed by atoms with Crippen molar-refractivity contribution in [3.05, 3.63) is 35.4 Å². The number of unbranched alkanes of at least 4 members (excludes halogenated alkanes) is 2. The summed E-state index contributed by atoms with van der Waals surface area (Å²) >= 11 is 0. The van der Waals surface area contributed by atoms with Crippen LogP contribution in [-0.2, 0) is 9.47 Å². The highest BCUT2D eigenvalue weighted by Crippen LogP contribution is 2.15. The Morgan fingerprint density at radius 1 is 1.00 bits per heavy atom. The van der Waals surface area contributed by atoms with Gasteiger partial charge in [0.05, 0.1) is 23.8 Å². The molecular weight excluding hydrogens is 292 g/mol. The zero-order valence-corrected chi connectivity index (χ0v) is 14.6. The molecule has 1 aromatic carbocycles. The molecule has 1 unspecified atom stereocenters. The Bertz CT molecular complexity index is 508. The van der Waals surface area contributed by atoms with E-state index in [2.05, 4.69) is 6.92 Å². The average molecular weight is 320 g/mol. The van der Waals surface area contributed by atoms with Crippen molar-refractivity contribution >= 4 is 11.9 Å². The number of hydrogen-bond acceptors (Lipinski definition) is 4. The van der Waals surface area contributed by atoms with E-state index in [9.17, 15) is 9.59 Å². The van der Waals surface area contributed by atoms with Gasteiger partial charge in [-0.15, -0.1) is 0 Å². The van der Waals surface area contributed by atoms with Gasteiger partial charge in [0.25, 0.3) is 0 Å².